The van der Waals surface area contributed by atoms with Crippen molar-refractivity contribution in [3.8, 4) is 0 Å². The smallest absolute Gasteiger partial charge is 0.293 e. The second kappa shape index (κ2) is 4.25. The molecule has 0 spiro atoms. The van der Waals surface area contributed by atoms with E-state index >= 15 is 0 Å². The van der Waals surface area contributed by atoms with Gasteiger partial charge in [0.15, 0.2) is 0 Å². The molecule has 80 valence electrons. The molecule has 0 aromatic carbocycles. The Morgan fingerprint density at radius 1 is 1.67 bits per heavy atom. The van der Waals surface area contributed by atoms with Gasteiger partial charge in [0.2, 0.25) is 5.89 Å². The molecule has 1 amide bonds. The molecule has 5 heteroatoms. The third-order valence-electron chi connectivity index (χ3n) is 2.30. The topological polar surface area (TPSA) is 68.0 Å². The molecule has 1 aromatic heterocycles. The molecule has 1 aliphatic carbocycles. The summed E-state index contributed by atoms with van der Waals surface area (Å²) in [6.45, 7) is 1.66. The highest BCUT2D eigenvalue weighted by atomic mass is 16.5. The van der Waals surface area contributed by atoms with Gasteiger partial charge in [0.25, 0.3) is 11.7 Å². The fraction of sp³-hybridized carbons (Fsp3) is 0.500. The molecule has 1 atom stereocenters. The highest BCUT2D eigenvalue weighted by Gasteiger charge is 2.17. The van der Waals surface area contributed by atoms with Gasteiger partial charge in [0.05, 0.1) is 0 Å². The van der Waals surface area contributed by atoms with Crippen molar-refractivity contribution in [3.63, 3.8) is 0 Å². The number of hydrogen-bond acceptors (Lipinski definition) is 4. The van der Waals surface area contributed by atoms with Crippen LogP contribution < -0.4 is 5.32 Å². The standard InChI is InChI=1S/C10H13N3O2/c1-7-11-9(13-15-7)10(14)12-8-5-3-2-4-6-8/h3,5,8H,2,4,6H2,1H3,(H,12,14). The molecule has 1 unspecified atom stereocenters. The maximum Gasteiger partial charge on any atom is 0.293 e. The fourth-order valence-corrected chi connectivity index (χ4v) is 1.56. The normalized spacial score (nSPS) is 20.2. The minimum Gasteiger partial charge on any atom is -0.343 e. The molecule has 0 saturated carbocycles. The van der Waals surface area contributed by atoms with Crippen molar-refractivity contribution in [1.29, 1.82) is 0 Å². The number of hydrogen-bond donors (Lipinski definition) is 1. The van der Waals surface area contributed by atoms with Gasteiger partial charge in [-0.25, -0.2) is 0 Å². The zero-order chi connectivity index (χ0) is 10.7. The molecular weight excluding hydrogens is 194 g/mol. The van der Waals surface area contributed by atoms with Crippen molar-refractivity contribution in [3.05, 3.63) is 23.9 Å². The summed E-state index contributed by atoms with van der Waals surface area (Å²) in [5, 5.41) is 6.40. The first kappa shape index (κ1) is 9.89. The van der Waals surface area contributed by atoms with E-state index < -0.39 is 0 Å². The Bertz CT molecular complexity index is 384. The molecule has 1 N–H and O–H groups in total. The highest BCUT2D eigenvalue weighted by Crippen LogP contribution is 2.10. The van der Waals surface area contributed by atoms with Crippen molar-refractivity contribution in [2.24, 2.45) is 0 Å². The van der Waals surface area contributed by atoms with E-state index in [1.54, 1.807) is 6.92 Å². The first-order chi connectivity index (χ1) is 7.25. The number of nitrogens with zero attached hydrogens (tertiary/aromatic N) is 2. The van der Waals surface area contributed by atoms with E-state index in [9.17, 15) is 4.79 Å². The van der Waals surface area contributed by atoms with E-state index in [1.807, 2.05) is 6.08 Å². The zero-order valence-electron chi connectivity index (χ0n) is 8.56. The van der Waals surface area contributed by atoms with Crippen molar-refractivity contribution in [2.45, 2.75) is 32.2 Å². The number of nitrogens with one attached hydrogen (secondary N) is 1. The molecule has 0 saturated heterocycles. The summed E-state index contributed by atoms with van der Waals surface area (Å²) in [6.07, 6.45) is 7.25. The third-order valence-corrected chi connectivity index (χ3v) is 2.30. The monoisotopic (exact) mass is 207 g/mol. The first-order valence-corrected chi connectivity index (χ1v) is 5.03. The number of rotatable bonds is 2. The summed E-state index contributed by atoms with van der Waals surface area (Å²) in [4.78, 5) is 15.5. The van der Waals surface area contributed by atoms with Crippen LogP contribution in [0.5, 0.6) is 0 Å². The summed E-state index contributed by atoms with van der Waals surface area (Å²) in [5.74, 6) is 0.231. The molecule has 0 fully saturated rings. The lowest BCUT2D eigenvalue weighted by atomic mass is 10.0. The van der Waals surface area contributed by atoms with Crippen LogP contribution >= 0.6 is 0 Å². The third kappa shape index (κ3) is 2.43. The van der Waals surface area contributed by atoms with Gasteiger partial charge in [-0.1, -0.05) is 17.3 Å². The molecule has 1 heterocycles. The molecule has 2 rings (SSSR count). The van der Waals surface area contributed by atoms with Crippen LogP contribution in [-0.2, 0) is 0 Å². The van der Waals surface area contributed by atoms with Gasteiger partial charge in [0.1, 0.15) is 0 Å². The predicted octanol–water partition coefficient (Wildman–Crippen LogP) is 1.22. The van der Waals surface area contributed by atoms with Crippen LogP contribution in [0.4, 0.5) is 0 Å². The van der Waals surface area contributed by atoms with Gasteiger partial charge < -0.3 is 9.84 Å². The first-order valence-electron chi connectivity index (χ1n) is 5.03. The lowest BCUT2D eigenvalue weighted by Gasteiger charge is -2.16. The van der Waals surface area contributed by atoms with E-state index in [0.29, 0.717) is 5.89 Å². The summed E-state index contributed by atoms with van der Waals surface area (Å²) >= 11 is 0. The lowest BCUT2D eigenvalue weighted by molar-refractivity contribution is 0.0928. The van der Waals surface area contributed by atoms with E-state index in [2.05, 4.69) is 21.5 Å². The summed E-state index contributed by atoms with van der Waals surface area (Å²) in [6, 6.07) is 0.102. The van der Waals surface area contributed by atoms with Gasteiger partial charge >= 0.3 is 0 Å². The van der Waals surface area contributed by atoms with Crippen molar-refractivity contribution in [2.75, 3.05) is 0 Å². The second-order valence-electron chi connectivity index (χ2n) is 3.58. The van der Waals surface area contributed by atoms with Crippen LogP contribution in [0.15, 0.2) is 16.7 Å². The van der Waals surface area contributed by atoms with E-state index in [-0.39, 0.29) is 17.8 Å². The number of allylic oxidation sites excluding steroid dienone is 1. The Labute approximate surface area is 87.6 Å². The van der Waals surface area contributed by atoms with Gasteiger partial charge in [-0.15, -0.1) is 0 Å². The largest absolute Gasteiger partial charge is 0.343 e. The second-order valence-corrected chi connectivity index (χ2v) is 3.58. The van der Waals surface area contributed by atoms with Crippen LogP contribution in [0.3, 0.4) is 0 Å². The molecule has 0 bridgehead atoms. The number of aromatic nitrogens is 2. The van der Waals surface area contributed by atoms with E-state index in [4.69, 9.17) is 4.52 Å². The maximum atomic E-state index is 11.6. The quantitative estimate of drug-likeness (QED) is 0.740. The Morgan fingerprint density at radius 3 is 3.13 bits per heavy atom. The summed E-state index contributed by atoms with van der Waals surface area (Å²) in [5.41, 5.74) is 0. The van der Waals surface area contributed by atoms with Crippen molar-refractivity contribution >= 4 is 5.91 Å². The van der Waals surface area contributed by atoms with Gasteiger partial charge in [-0.3, -0.25) is 4.79 Å². The maximum absolute atomic E-state index is 11.6. The van der Waals surface area contributed by atoms with Crippen molar-refractivity contribution in [1.82, 2.24) is 15.5 Å². The van der Waals surface area contributed by atoms with Crippen LogP contribution in [0.25, 0.3) is 0 Å². The number of carbonyl (C=O) groups is 1. The zero-order valence-corrected chi connectivity index (χ0v) is 8.56. The number of amides is 1. The fourth-order valence-electron chi connectivity index (χ4n) is 1.56. The highest BCUT2D eigenvalue weighted by molar-refractivity contribution is 5.90. The average Bonchev–Trinajstić information content (AvgIpc) is 2.66. The van der Waals surface area contributed by atoms with E-state index in [1.165, 1.54) is 0 Å². The molecule has 0 aliphatic heterocycles. The average molecular weight is 207 g/mol. The molecule has 0 radical (unpaired) electrons. The van der Waals surface area contributed by atoms with Gasteiger partial charge in [-0.2, -0.15) is 4.98 Å². The summed E-state index contributed by atoms with van der Waals surface area (Å²) < 4.78 is 4.73. The Hall–Kier alpha value is -1.65. The van der Waals surface area contributed by atoms with Crippen molar-refractivity contribution < 1.29 is 9.32 Å². The van der Waals surface area contributed by atoms with Crippen LogP contribution in [-0.4, -0.2) is 22.1 Å². The van der Waals surface area contributed by atoms with Crippen LogP contribution in [0.1, 0.15) is 35.8 Å². The molecule has 1 aromatic rings. The molecule has 1 aliphatic rings. The Balaban J connectivity index is 1.97. The number of carbonyl (C=O) groups excluding carboxylic acids is 1. The lowest BCUT2D eigenvalue weighted by Crippen LogP contribution is -2.34. The minimum absolute atomic E-state index is 0.102. The van der Waals surface area contributed by atoms with Gasteiger partial charge in [0, 0.05) is 13.0 Å². The minimum atomic E-state index is -0.275. The SMILES string of the molecule is Cc1nc(C(=O)NC2C=CCCC2)no1. The van der Waals surface area contributed by atoms with E-state index in [0.717, 1.165) is 19.3 Å². The molecular formula is C10H13N3O2. The molecule has 15 heavy (non-hydrogen) atoms. The Morgan fingerprint density at radius 2 is 2.53 bits per heavy atom. The van der Waals surface area contributed by atoms with Crippen LogP contribution in [0.2, 0.25) is 0 Å². The van der Waals surface area contributed by atoms with Gasteiger partial charge in [-0.05, 0) is 19.3 Å². The Kier molecular flexibility index (Phi) is 2.80. The predicted molar refractivity (Wildman–Crippen MR) is 53.3 cm³/mol. The molecule has 5 nitrogen and oxygen atoms in total. The van der Waals surface area contributed by atoms with Crippen LogP contribution in [0, 0.1) is 6.92 Å². The number of aryl methyl sites for hydroxylation is 1. The summed E-state index contributed by atoms with van der Waals surface area (Å²) in [7, 11) is 0.